The van der Waals surface area contributed by atoms with Crippen LogP contribution in [0.15, 0.2) is 11.1 Å². The number of carboxylic acids is 1. The molecule has 0 aliphatic heterocycles. The van der Waals surface area contributed by atoms with Gasteiger partial charge in [-0.3, -0.25) is 14.4 Å². The van der Waals surface area contributed by atoms with Gasteiger partial charge in [0, 0.05) is 31.8 Å². The number of aliphatic hydroxyl groups excluding tert-OH is 1. The molecule has 2 N–H and O–H groups in total. The monoisotopic (exact) mass is 588 g/mol. The molecule has 9 atom stereocenters. The van der Waals surface area contributed by atoms with Crippen LogP contribution in [0.4, 0.5) is 0 Å². The lowest BCUT2D eigenvalue weighted by atomic mass is 9.43. The molecule has 0 aromatic heterocycles. The van der Waals surface area contributed by atoms with Gasteiger partial charge in [-0.1, -0.05) is 59.6 Å². The summed E-state index contributed by atoms with van der Waals surface area (Å²) >= 11 is 0. The summed E-state index contributed by atoms with van der Waals surface area (Å²) in [7, 11) is 0. The Balaban J connectivity index is 1.75. The Morgan fingerprint density at radius 2 is 1.55 bits per heavy atom. The Labute approximate surface area is 253 Å². The smallest absolute Gasteiger partial charge is 0.306 e. The Hall–Kier alpha value is -1.89. The number of carbonyl (C=O) groups is 3. The summed E-state index contributed by atoms with van der Waals surface area (Å²) in [4.78, 5) is 37.3. The van der Waals surface area contributed by atoms with Crippen LogP contribution >= 0.6 is 0 Å². The maximum absolute atomic E-state index is 13.0. The molecular weight excluding hydrogens is 532 g/mol. The van der Waals surface area contributed by atoms with Crippen molar-refractivity contribution < 1.29 is 34.1 Å². The first-order valence-corrected chi connectivity index (χ1v) is 16.3. The van der Waals surface area contributed by atoms with Crippen LogP contribution in [-0.4, -0.2) is 46.9 Å². The van der Waals surface area contributed by atoms with Crippen molar-refractivity contribution in [3.05, 3.63) is 11.1 Å². The van der Waals surface area contributed by atoms with E-state index in [9.17, 15) is 24.6 Å². The molecule has 0 bridgehead atoms. The van der Waals surface area contributed by atoms with E-state index in [0.29, 0.717) is 25.2 Å². The zero-order valence-corrected chi connectivity index (χ0v) is 27.5. The Morgan fingerprint density at radius 1 is 0.905 bits per heavy atom. The number of esters is 2. The van der Waals surface area contributed by atoms with Crippen molar-refractivity contribution in [2.75, 3.05) is 6.61 Å². The van der Waals surface area contributed by atoms with Crippen LogP contribution in [0.3, 0.4) is 0 Å². The normalized spacial score (nSPS) is 38.6. The van der Waals surface area contributed by atoms with Crippen molar-refractivity contribution in [2.24, 2.45) is 51.2 Å². The first-order valence-electron chi connectivity index (χ1n) is 16.3. The molecule has 0 aromatic carbocycles. The second kappa shape index (κ2) is 11.6. The molecule has 4 rings (SSSR count). The van der Waals surface area contributed by atoms with Crippen molar-refractivity contribution in [1.82, 2.24) is 0 Å². The van der Waals surface area contributed by atoms with Crippen LogP contribution in [0.1, 0.15) is 120 Å². The summed E-state index contributed by atoms with van der Waals surface area (Å²) in [5.74, 6) is -1.66. The zero-order chi connectivity index (χ0) is 31.4. The molecule has 0 spiro atoms. The maximum atomic E-state index is 13.0. The summed E-state index contributed by atoms with van der Waals surface area (Å²) < 4.78 is 11.9. The number of hydrogen-bond donors (Lipinski definition) is 2. The summed E-state index contributed by atoms with van der Waals surface area (Å²) in [5, 5.41) is 20.6. The van der Waals surface area contributed by atoms with E-state index in [1.165, 1.54) is 25.0 Å². The molecular formula is C35H56O7. The topological polar surface area (TPSA) is 110 Å². The summed E-state index contributed by atoms with van der Waals surface area (Å²) in [5.41, 5.74) is 2.22. The van der Waals surface area contributed by atoms with E-state index >= 15 is 0 Å². The lowest BCUT2D eigenvalue weighted by Gasteiger charge is -2.62. The van der Waals surface area contributed by atoms with Gasteiger partial charge in [-0.05, 0) is 91.8 Å². The number of hydrogen-bond acceptors (Lipinski definition) is 6. The molecule has 0 radical (unpaired) electrons. The molecule has 2 fully saturated rings. The lowest BCUT2D eigenvalue weighted by Crippen LogP contribution is -2.56. The molecule has 4 aliphatic rings. The number of allylic oxidation sites excluding steroid dienone is 2. The first kappa shape index (κ1) is 33.0. The quantitative estimate of drug-likeness (QED) is 0.221. The largest absolute Gasteiger partial charge is 0.481 e. The highest BCUT2D eigenvalue weighted by atomic mass is 16.5. The molecule has 7 nitrogen and oxygen atoms in total. The van der Waals surface area contributed by atoms with E-state index < -0.39 is 18.0 Å². The van der Waals surface area contributed by atoms with E-state index in [2.05, 4.69) is 48.5 Å². The highest BCUT2D eigenvalue weighted by molar-refractivity contribution is 5.71. The fourth-order valence-electron chi connectivity index (χ4n) is 10.7. The van der Waals surface area contributed by atoms with Crippen LogP contribution in [0, 0.1) is 51.2 Å². The number of aliphatic hydroxyl groups is 1. The van der Waals surface area contributed by atoms with Crippen LogP contribution in [0.25, 0.3) is 0 Å². The number of fused-ring (bicyclic) bond motifs is 4. The zero-order valence-electron chi connectivity index (χ0n) is 27.5. The van der Waals surface area contributed by atoms with Gasteiger partial charge < -0.3 is 19.7 Å². The number of carboxylic acid groups (broad SMARTS) is 1. The maximum Gasteiger partial charge on any atom is 0.306 e. The van der Waals surface area contributed by atoms with E-state index in [1.54, 1.807) is 0 Å². The predicted molar refractivity (Wildman–Crippen MR) is 161 cm³/mol. The predicted octanol–water partition coefficient (Wildman–Crippen LogP) is 6.95. The second-order valence-electron chi connectivity index (χ2n) is 15.8. The molecule has 0 heterocycles. The average molecular weight is 589 g/mol. The minimum absolute atomic E-state index is 0.00903. The van der Waals surface area contributed by atoms with E-state index in [-0.39, 0.29) is 64.1 Å². The van der Waals surface area contributed by atoms with E-state index in [1.807, 2.05) is 0 Å². The van der Waals surface area contributed by atoms with Gasteiger partial charge in [0.1, 0.15) is 12.2 Å². The van der Waals surface area contributed by atoms with Crippen LogP contribution in [0.2, 0.25) is 0 Å². The molecule has 0 aromatic rings. The minimum atomic E-state index is -0.830. The van der Waals surface area contributed by atoms with Gasteiger partial charge in [0.2, 0.25) is 0 Å². The van der Waals surface area contributed by atoms with E-state index in [4.69, 9.17) is 9.47 Å². The molecule has 0 amide bonds. The number of rotatable bonds is 9. The molecule has 2 saturated carbocycles. The Kier molecular flexibility index (Phi) is 9.08. The number of aliphatic carboxylic acids is 1. The standard InChI is InChI=1S/C35H56O7/c1-20(2)23(19-36)10-11-24(31(39)40)30-27(41-21(3)37)18-35(9)26-12-13-28-32(5,6)29(42-22(4)38)15-16-33(28,7)25(26)14-17-34(30,35)8/h20,23-24,27-30,36H,10-19H2,1-9H3,(H,39,40)/t23?,24-,27-,28+,29+,30+,33-,34-,35+/m1/s1. The van der Waals surface area contributed by atoms with E-state index in [0.717, 1.165) is 38.5 Å². The third-order valence-electron chi connectivity index (χ3n) is 13.1. The van der Waals surface area contributed by atoms with Gasteiger partial charge in [-0.2, -0.15) is 0 Å². The third-order valence-corrected chi connectivity index (χ3v) is 13.1. The van der Waals surface area contributed by atoms with Gasteiger partial charge in [0.25, 0.3) is 0 Å². The third kappa shape index (κ3) is 5.24. The van der Waals surface area contributed by atoms with Crippen molar-refractivity contribution in [1.29, 1.82) is 0 Å². The fourth-order valence-corrected chi connectivity index (χ4v) is 10.7. The SMILES string of the molecule is CC(=O)O[C@H]1CC[C@]2(C)C3=C(CC[C@H]2C1(C)C)[C@]1(C)C[C@@H](OC(C)=O)[C@H]([C@@H](CCC(CO)C(C)C)C(=O)O)[C@@]1(C)CC3. The number of carbonyl (C=O) groups excluding carboxylic acids is 2. The van der Waals surface area contributed by atoms with Crippen molar-refractivity contribution in [3.63, 3.8) is 0 Å². The van der Waals surface area contributed by atoms with Gasteiger partial charge in [0.15, 0.2) is 0 Å². The van der Waals surface area contributed by atoms with Crippen molar-refractivity contribution in [2.45, 2.75) is 132 Å². The highest BCUT2D eigenvalue weighted by Crippen LogP contribution is 2.73. The van der Waals surface area contributed by atoms with Gasteiger partial charge in [-0.15, -0.1) is 0 Å². The Bertz CT molecular complexity index is 1110. The fraction of sp³-hybridized carbons (Fsp3) is 0.857. The summed E-state index contributed by atoms with van der Waals surface area (Å²) in [6, 6.07) is 0. The summed E-state index contributed by atoms with van der Waals surface area (Å²) in [6.07, 6.45) is 6.72. The molecule has 7 heteroatoms. The van der Waals surface area contributed by atoms with Gasteiger partial charge in [-0.25, -0.2) is 0 Å². The van der Waals surface area contributed by atoms with Gasteiger partial charge in [0.05, 0.1) is 5.92 Å². The van der Waals surface area contributed by atoms with Crippen molar-refractivity contribution in [3.8, 4) is 0 Å². The molecule has 42 heavy (non-hydrogen) atoms. The van der Waals surface area contributed by atoms with Crippen LogP contribution in [0.5, 0.6) is 0 Å². The lowest BCUT2D eigenvalue weighted by molar-refractivity contribution is -0.167. The summed E-state index contributed by atoms with van der Waals surface area (Å²) in [6.45, 7) is 18.6. The Morgan fingerprint density at radius 3 is 2.10 bits per heavy atom. The number of ether oxygens (including phenoxy) is 2. The van der Waals surface area contributed by atoms with Gasteiger partial charge >= 0.3 is 17.9 Å². The molecule has 238 valence electrons. The highest BCUT2D eigenvalue weighted by Gasteiger charge is 2.68. The molecule has 1 unspecified atom stereocenters. The molecule has 0 saturated heterocycles. The second-order valence-corrected chi connectivity index (χ2v) is 15.8. The minimum Gasteiger partial charge on any atom is -0.481 e. The van der Waals surface area contributed by atoms with Crippen molar-refractivity contribution >= 4 is 17.9 Å². The first-order chi connectivity index (χ1) is 19.4. The molecule has 4 aliphatic carbocycles. The van der Waals surface area contributed by atoms with Crippen LogP contribution < -0.4 is 0 Å². The van der Waals surface area contributed by atoms with Crippen LogP contribution in [-0.2, 0) is 23.9 Å². The average Bonchev–Trinajstić information content (AvgIpc) is 3.09.